The van der Waals surface area contributed by atoms with Crippen molar-refractivity contribution in [3.8, 4) is 0 Å². The number of hydrogen-bond donors (Lipinski definition) is 2. The summed E-state index contributed by atoms with van der Waals surface area (Å²) >= 11 is 0. The SMILES string of the molecule is O=C(O)Cc1ccc(NC(=O)[C@@H]2CCOC2)cc1F. The molecule has 1 heterocycles. The maximum atomic E-state index is 13.6. The van der Waals surface area contributed by atoms with Crippen molar-refractivity contribution in [2.45, 2.75) is 12.8 Å². The lowest BCUT2D eigenvalue weighted by atomic mass is 10.1. The first-order valence-corrected chi connectivity index (χ1v) is 5.95. The second kappa shape index (κ2) is 5.79. The molecule has 0 radical (unpaired) electrons. The van der Waals surface area contributed by atoms with E-state index in [-0.39, 0.29) is 23.8 Å². The Balaban J connectivity index is 2.03. The van der Waals surface area contributed by atoms with Crippen LogP contribution in [0.15, 0.2) is 18.2 Å². The number of carbonyl (C=O) groups excluding carboxylic acids is 1. The number of carbonyl (C=O) groups is 2. The molecule has 1 atom stereocenters. The quantitative estimate of drug-likeness (QED) is 0.865. The van der Waals surface area contributed by atoms with Gasteiger partial charge in [-0.3, -0.25) is 9.59 Å². The predicted octanol–water partition coefficient (Wildman–Crippen LogP) is 1.43. The van der Waals surface area contributed by atoms with Crippen molar-refractivity contribution < 1.29 is 23.8 Å². The number of hydrogen-bond acceptors (Lipinski definition) is 3. The van der Waals surface area contributed by atoms with Crippen LogP contribution in [-0.4, -0.2) is 30.2 Å². The van der Waals surface area contributed by atoms with E-state index < -0.39 is 11.8 Å². The zero-order valence-electron chi connectivity index (χ0n) is 10.2. The van der Waals surface area contributed by atoms with E-state index in [1.54, 1.807) is 0 Å². The molecule has 0 bridgehead atoms. The minimum Gasteiger partial charge on any atom is -0.481 e. The van der Waals surface area contributed by atoms with E-state index in [1.165, 1.54) is 12.1 Å². The first kappa shape index (κ1) is 13.5. The molecule has 0 aliphatic carbocycles. The first-order chi connectivity index (χ1) is 9.06. The summed E-state index contributed by atoms with van der Waals surface area (Å²) in [4.78, 5) is 22.3. The zero-order chi connectivity index (χ0) is 13.8. The highest BCUT2D eigenvalue weighted by Gasteiger charge is 2.23. The lowest BCUT2D eigenvalue weighted by Crippen LogP contribution is -2.22. The molecule has 102 valence electrons. The Kier molecular flexibility index (Phi) is 4.11. The fourth-order valence-corrected chi connectivity index (χ4v) is 1.92. The van der Waals surface area contributed by atoms with Crippen molar-refractivity contribution in [1.29, 1.82) is 0 Å². The summed E-state index contributed by atoms with van der Waals surface area (Å²) in [5.74, 6) is -2.15. The van der Waals surface area contributed by atoms with Crippen molar-refractivity contribution in [3.05, 3.63) is 29.6 Å². The van der Waals surface area contributed by atoms with Gasteiger partial charge in [0.15, 0.2) is 0 Å². The van der Waals surface area contributed by atoms with Crippen LogP contribution in [-0.2, 0) is 20.7 Å². The molecular formula is C13H14FNO4. The third-order valence-electron chi connectivity index (χ3n) is 2.96. The molecule has 1 aromatic carbocycles. The lowest BCUT2D eigenvalue weighted by molar-refractivity contribution is -0.136. The summed E-state index contributed by atoms with van der Waals surface area (Å²) in [5, 5.41) is 11.2. The largest absolute Gasteiger partial charge is 0.481 e. The minimum absolute atomic E-state index is 0.0923. The lowest BCUT2D eigenvalue weighted by Gasteiger charge is -2.10. The van der Waals surface area contributed by atoms with Crippen molar-refractivity contribution in [2.24, 2.45) is 5.92 Å². The number of halogens is 1. The molecule has 6 heteroatoms. The van der Waals surface area contributed by atoms with Crippen molar-refractivity contribution in [3.63, 3.8) is 0 Å². The van der Waals surface area contributed by atoms with Crippen molar-refractivity contribution in [2.75, 3.05) is 18.5 Å². The maximum absolute atomic E-state index is 13.6. The Labute approximate surface area is 109 Å². The van der Waals surface area contributed by atoms with Gasteiger partial charge in [0.05, 0.1) is 18.9 Å². The number of carboxylic acid groups (broad SMARTS) is 1. The fraction of sp³-hybridized carbons (Fsp3) is 0.385. The van der Waals surface area contributed by atoms with Gasteiger partial charge in [0.1, 0.15) is 5.82 Å². The molecular weight excluding hydrogens is 253 g/mol. The summed E-state index contributed by atoms with van der Waals surface area (Å²) in [7, 11) is 0. The minimum atomic E-state index is -1.10. The fourth-order valence-electron chi connectivity index (χ4n) is 1.92. The predicted molar refractivity (Wildman–Crippen MR) is 65.3 cm³/mol. The molecule has 1 aliphatic rings. The van der Waals surface area contributed by atoms with Gasteiger partial charge >= 0.3 is 5.97 Å². The number of ether oxygens (including phenoxy) is 1. The van der Waals surface area contributed by atoms with Crippen LogP contribution in [0.25, 0.3) is 0 Å². The van der Waals surface area contributed by atoms with Crippen LogP contribution in [0.2, 0.25) is 0 Å². The van der Waals surface area contributed by atoms with E-state index in [4.69, 9.17) is 9.84 Å². The highest BCUT2D eigenvalue weighted by atomic mass is 19.1. The molecule has 19 heavy (non-hydrogen) atoms. The van der Waals surface area contributed by atoms with E-state index in [0.717, 1.165) is 6.07 Å². The number of nitrogens with one attached hydrogen (secondary N) is 1. The van der Waals surface area contributed by atoms with E-state index >= 15 is 0 Å². The van der Waals surface area contributed by atoms with Crippen LogP contribution < -0.4 is 5.32 Å². The normalized spacial score (nSPS) is 18.3. The molecule has 0 saturated carbocycles. The Morgan fingerprint density at radius 3 is 2.84 bits per heavy atom. The first-order valence-electron chi connectivity index (χ1n) is 5.95. The molecule has 2 rings (SSSR count). The summed E-state index contributed by atoms with van der Waals surface area (Å²) in [6.45, 7) is 0.940. The number of rotatable bonds is 4. The molecule has 1 saturated heterocycles. The van der Waals surface area contributed by atoms with E-state index in [1.807, 2.05) is 0 Å². The molecule has 2 N–H and O–H groups in total. The van der Waals surface area contributed by atoms with Gasteiger partial charge in [-0.2, -0.15) is 0 Å². The number of anilines is 1. The summed E-state index contributed by atoms with van der Waals surface area (Å²) in [6.07, 6.45) is 0.280. The van der Waals surface area contributed by atoms with Gasteiger partial charge in [0.2, 0.25) is 5.91 Å². The van der Waals surface area contributed by atoms with Gasteiger partial charge in [-0.05, 0) is 24.1 Å². The molecule has 0 aromatic heterocycles. The van der Waals surface area contributed by atoms with Crippen LogP contribution in [0, 0.1) is 11.7 Å². The van der Waals surface area contributed by atoms with Gasteiger partial charge < -0.3 is 15.2 Å². The van der Waals surface area contributed by atoms with Crippen LogP contribution in [0.4, 0.5) is 10.1 Å². The smallest absolute Gasteiger partial charge is 0.307 e. The topological polar surface area (TPSA) is 75.6 Å². The highest BCUT2D eigenvalue weighted by molar-refractivity contribution is 5.92. The van der Waals surface area contributed by atoms with E-state index in [0.29, 0.717) is 25.3 Å². The van der Waals surface area contributed by atoms with Crippen LogP contribution in [0.3, 0.4) is 0 Å². The van der Waals surface area contributed by atoms with Gasteiger partial charge in [0, 0.05) is 12.3 Å². The Hall–Kier alpha value is -1.95. The standard InChI is InChI=1S/C13H14FNO4/c14-11-6-10(2-1-8(11)5-12(16)17)15-13(18)9-3-4-19-7-9/h1-2,6,9H,3-5,7H2,(H,15,18)(H,16,17)/t9-/m1/s1. The summed E-state index contributed by atoms with van der Waals surface area (Å²) in [5.41, 5.74) is 0.415. The van der Waals surface area contributed by atoms with Gasteiger partial charge in [0.25, 0.3) is 0 Å². The number of benzene rings is 1. The monoisotopic (exact) mass is 267 g/mol. The average Bonchev–Trinajstić information content (AvgIpc) is 2.86. The second-order valence-corrected chi connectivity index (χ2v) is 4.43. The molecule has 0 spiro atoms. The molecule has 1 fully saturated rings. The Morgan fingerprint density at radius 2 is 2.26 bits per heavy atom. The second-order valence-electron chi connectivity index (χ2n) is 4.43. The van der Waals surface area contributed by atoms with Crippen LogP contribution in [0.1, 0.15) is 12.0 Å². The maximum Gasteiger partial charge on any atom is 0.307 e. The van der Waals surface area contributed by atoms with Crippen LogP contribution in [0.5, 0.6) is 0 Å². The number of amides is 1. The third-order valence-corrected chi connectivity index (χ3v) is 2.96. The van der Waals surface area contributed by atoms with Crippen molar-refractivity contribution >= 4 is 17.6 Å². The van der Waals surface area contributed by atoms with E-state index in [9.17, 15) is 14.0 Å². The zero-order valence-corrected chi connectivity index (χ0v) is 10.2. The summed E-state index contributed by atoms with van der Waals surface area (Å²) in [6, 6.07) is 3.99. The van der Waals surface area contributed by atoms with Gasteiger partial charge in [-0.25, -0.2) is 4.39 Å². The summed E-state index contributed by atoms with van der Waals surface area (Å²) < 4.78 is 18.7. The number of aliphatic carboxylic acids is 1. The van der Waals surface area contributed by atoms with Gasteiger partial charge in [-0.1, -0.05) is 6.07 Å². The number of carboxylic acids is 1. The molecule has 5 nitrogen and oxygen atoms in total. The van der Waals surface area contributed by atoms with Gasteiger partial charge in [-0.15, -0.1) is 0 Å². The molecule has 0 unspecified atom stereocenters. The van der Waals surface area contributed by atoms with E-state index in [2.05, 4.69) is 5.32 Å². The molecule has 1 aromatic rings. The van der Waals surface area contributed by atoms with Crippen molar-refractivity contribution in [1.82, 2.24) is 0 Å². The average molecular weight is 267 g/mol. The molecule has 1 aliphatic heterocycles. The Bertz CT molecular complexity index is 497. The molecule has 1 amide bonds. The Morgan fingerprint density at radius 1 is 1.47 bits per heavy atom. The highest BCUT2D eigenvalue weighted by Crippen LogP contribution is 2.18. The van der Waals surface area contributed by atoms with Crippen LogP contribution >= 0.6 is 0 Å². The third kappa shape index (κ3) is 3.51.